The Morgan fingerprint density at radius 1 is 0.326 bits per heavy atom. The second-order valence-electron chi connectivity index (χ2n) is 12.8. The van der Waals surface area contributed by atoms with Crippen LogP contribution in [-0.4, -0.2) is 4.57 Å². The van der Waals surface area contributed by atoms with Crippen LogP contribution >= 0.6 is 0 Å². The lowest BCUT2D eigenvalue weighted by Crippen LogP contribution is -2.00. The van der Waals surface area contributed by atoms with Crippen LogP contribution in [0.1, 0.15) is 5.56 Å². The molecule has 0 fully saturated rings. The Balaban J connectivity index is 1.20. The molecule has 1 aromatic heterocycles. The van der Waals surface area contributed by atoms with Gasteiger partial charge in [-0.25, -0.2) is 0 Å². The van der Waals surface area contributed by atoms with Gasteiger partial charge in [-0.1, -0.05) is 127 Å². The lowest BCUT2D eigenvalue weighted by molar-refractivity contribution is 0.871. The van der Waals surface area contributed by atoms with E-state index in [-0.39, 0.29) is 0 Å². The maximum Gasteiger partial charge on any atom is 0.0501 e. The van der Waals surface area contributed by atoms with Crippen molar-refractivity contribution in [1.29, 1.82) is 0 Å². The smallest absolute Gasteiger partial charge is 0.0501 e. The van der Waals surface area contributed by atoms with E-state index in [0.717, 1.165) is 6.54 Å². The van der Waals surface area contributed by atoms with Crippen molar-refractivity contribution in [2.75, 3.05) is 0 Å². The number of hydrogen-bond donors (Lipinski definition) is 0. The zero-order valence-electron chi connectivity index (χ0n) is 25.1. The molecule has 10 aromatic rings. The van der Waals surface area contributed by atoms with Crippen molar-refractivity contribution in [1.82, 2.24) is 4.57 Å². The fourth-order valence-corrected chi connectivity index (χ4v) is 8.68. The molecule has 1 heteroatoms. The van der Waals surface area contributed by atoms with Gasteiger partial charge in [0, 0.05) is 22.8 Å². The van der Waals surface area contributed by atoms with Gasteiger partial charge in [0.15, 0.2) is 0 Å². The Labute approximate surface area is 265 Å². The summed E-state index contributed by atoms with van der Waals surface area (Å²) in [6, 6.07) is 56.6. The first-order chi connectivity index (χ1) is 22.8. The highest BCUT2D eigenvalue weighted by molar-refractivity contribution is 6.34. The van der Waals surface area contributed by atoms with E-state index in [9.17, 15) is 0 Å². The fourth-order valence-electron chi connectivity index (χ4n) is 8.68. The standard InChI is InChI=1S/C45H27N/c1-2-13-31-29(11-1)30-12-5-6-16-35(30)44-36(31)20-21-38-37(44)22-23-42-45(38)39-17-7-8-19-41(39)46(42)26-27-24-28-10-9-18-34-32-14-3-4-15-33(32)40(25-27)43(28)34/h1-25H,26H2. The Kier molecular flexibility index (Phi) is 4.69. The molecule has 1 aliphatic carbocycles. The highest BCUT2D eigenvalue weighted by atomic mass is 15.0. The van der Waals surface area contributed by atoms with Crippen LogP contribution in [0.3, 0.4) is 0 Å². The van der Waals surface area contributed by atoms with Crippen LogP contribution in [0.4, 0.5) is 0 Å². The minimum atomic E-state index is 0.812. The minimum Gasteiger partial charge on any atom is -0.336 e. The number of fused-ring (bicyclic) bond motifs is 15. The van der Waals surface area contributed by atoms with E-state index in [4.69, 9.17) is 0 Å². The molecular weight excluding hydrogens is 555 g/mol. The summed E-state index contributed by atoms with van der Waals surface area (Å²) in [5.74, 6) is 0. The summed E-state index contributed by atoms with van der Waals surface area (Å²) < 4.78 is 2.53. The summed E-state index contributed by atoms with van der Waals surface area (Å²) in [7, 11) is 0. The number of rotatable bonds is 2. The zero-order chi connectivity index (χ0) is 29.9. The second kappa shape index (κ2) is 8.84. The van der Waals surface area contributed by atoms with Crippen molar-refractivity contribution in [2.45, 2.75) is 6.54 Å². The fraction of sp³-hybridized carbons (Fsp3) is 0.0222. The van der Waals surface area contributed by atoms with E-state index < -0.39 is 0 Å². The van der Waals surface area contributed by atoms with Gasteiger partial charge in [0.05, 0.1) is 5.52 Å². The van der Waals surface area contributed by atoms with E-state index >= 15 is 0 Å². The molecular formula is C45H27N. The first-order valence-corrected chi connectivity index (χ1v) is 16.1. The van der Waals surface area contributed by atoms with Crippen LogP contribution in [0.2, 0.25) is 0 Å². The average Bonchev–Trinajstić information content (AvgIpc) is 3.61. The molecule has 46 heavy (non-hydrogen) atoms. The third-order valence-corrected chi connectivity index (χ3v) is 10.5. The predicted octanol–water partition coefficient (Wildman–Crippen LogP) is 12.3. The lowest BCUT2D eigenvalue weighted by Gasteiger charge is -2.14. The number of benzene rings is 9. The topological polar surface area (TPSA) is 4.93 Å². The van der Waals surface area contributed by atoms with Gasteiger partial charge in [-0.3, -0.25) is 0 Å². The molecule has 0 unspecified atom stereocenters. The largest absolute Gasteiger partial charge is 0.336 e. The van der Waals surface area contributed by atoms with Crippen LogP contribution < -0.4 is 0 Å². The van der Waals surface area contributed by atoms with Gasteiger partial charge >= 0.3 is 0 Å². The van der Waals surface area contributed by atoms with Gasteiger partial charge < -0.3 is 4.57 Å². The Morgan fingerprint density at radius 2 is 0.870 bits per heavy atom. The summed E-state index contributed by atoms with van der Waals surface area (Å²) in [6.45, 7) is 0.812. The zero-order valence-corrected chi connectivity index (χ0v) is 25.1. The Bertz CT molecular complexity index is 2900. The quantitative estimate of drug-likeness (QED) is 0.179. The van der Waals surface area contributed by atoms with Crippen LogP contribution in [-0.2, 0) is 6.54 Å². The van der Waals surface area contributed by atoms with Crippen LogP contribution in [0, 0.1) is 0 Å². The van der Waals surface area contributed by atoms with E-state index in [0.29, 0.717) is 0 Å². The molecule has 212 valence electrons. The minimum absolute atomic E-state index is 0.812. The van der Waals surface area contributed by atoms with E-state index in [1.54, 1.807) is 0 Å². The molecule has 0 saturated carbocycles. The Morgan fingerprint density at radius 3 is 1.65 bits per heavy atom. The SMILES string of the molecule is c1ccc2c(c1)-c1cccc3cc(Cn4c5ccccc5c5c6ccc7c8ccccc8c8ccccc8c7c6ccc54)cc-2c13. The number of aromatic nitrogens is 1. The van der Waals surface area contributed by atoms with Gasteiger partial charge in [0.1, 0.15) is 0 Å². The molecule has 0 atom stereocenters. The molecule has 0 saturated heterocycles. The summed E-state index contributed by atoms with van der Waals surface area (Å²) >= 11 is 0. The maximum atomic E-state index is 2.53. The molecule has 1 heterocycles. The van der Waals surface area contributed by atoms with Crippen molar-refractivity contribution < 1.29 is 0 Å². The normalized spacial score (nSPS) is 12.4. The van der Waals surface area contributed by atoms with Crippen molar-refractivity contribution in [2.24, 2.45) is 0 Å². The third-order valence-electron chi connectivity index (χ3n) is 10.5. The Hall–Kier alpha value is -5.92. The molecule has 11 rings (SSSR count). The molecule has 9 aromatic carbocycles. The molecule has 0 bridgehead atoms. The maximum absolute atomic E-state index is 2.53. The number of para-hydroxylation sites is 1. The average molecular weight is 582 g/mol. The van der Waals surface area contributed by atoms with Gasteiger partial charge in [0.25, 0.3) is 0 Å². The van der Waals surface area contributed by atoms with E-state index in [1.165, 1.54) is 103 Å². The van der Waals surface area contributed by atoms with Crippen molar-refractivity contribution in [3.63, 3.8) is 0 Å². The summed E-state index contributed by atoms with van der Waals surface area (Å²) in [4.78, 5) is 0. The predicted molar refractivity (Wildman–Crippen MR) is 197 cm³/mol. The van der Waals surface area contributed by atoms with Crippen LogP contribution in [0.15, 0.2) is 152 Å². The van der Waals surface area contributed by atoms with Crippen molar-refractivity contribution >= 4 is 75.7 Å². The molecule has 0 spiro atoms. The number of nitrogens with zero attached hydrogens (tertiary/aromatic N) is 1. The van der Waals surface area contributed by atoms with Gasteiger partial charge in [0.2, 0.25) is 0 Å². The first kappa shape index (κ1) is 24.4. The molecule has 1 aliphatic rings. The second-order valence-corrected chi connectivity index (χ2v) is 12.8. The molecule has 0 radical (unpaired) electrons. The number of hydrogen-bond acceptors (Lipinski definition) is 0. The van der Waals surface area contributed by atoms with Crippen molar-refractivity contribution in [3.8, 4) is 22.3 Å². The monoisotopic (exact) mass is 581 g/mol. The summed E-state index contributed by atoms with van der Waals surface area (Å²) in [5, 5.41) is 15.9. The van der Waals surface area contributed by atoms with Crippen LogP contribution in [0.5, 0.6) is 0 Å². The van der Waals surface area contributed by atoms with Crippen LogP contribution in [0.25, 0.3) is 97.9 Å². The molecule has 1 nitrogen and oxygen atoms in total. The first-order valence-electron chi connectivity index (χ1n) is 16.1. The van der Waals surface area contributed by atoms with E-state index in [1.807, 2.05) is 0 Å². The van der Waals surface area contributed by atoms with Gasteiger partial charge in [-0.2, -0.15) is 0 Å². The van der Waals surface area contributed by atoms with E-state index in [2.05, 4.69) is 156 Å². The van der Waals surface area contributed by atoms with Gasteiger partial charge in [-0.05, 0) is 106 Å². The highest BCUT2D eigenvalue weighted by Gasteiger charge is 2.22. The molecule has 0 N–H and O–H groups in total. The summed E-state index contributed by atoms with van der Waals surface area (Å²) in [5.41, 5.74) is 9.28. The molecule has 0 aliphatic heterocycles. The van der Waals surface area contributed by atoms with Gasteiger partial charge in [-0.15, -0.1) is 0 Å². The summed E-state index contributed by atoms with van der Waals surface area (Å²) in [6.07, 6.45) is 0. The lowest BCUT2D eigenvalue weighted by atomic mass is 9.90. The third kappa shape index (κ3) is 3.09. The van der Waals surface area contributed by atoms with Crippen molar-refractivity contribution in [3.05, 3.63) is 157 Å². The highest BCUT2D eigenvalue weighted by Crippen LogP contribution is 2.48. The molecule has 0 amide bonds.